The molecule has 0 heterocycles. The van der Waals surface area contributed by atoms with E-state index < -0.39 is 0 Å². The van der Waals surface area contributed by atoms with Crippen LogP contribution in [0.5, 0.6) is 0 Å². The Hall–Kier alpha value is -0.520. The summed E-state index contributed by atoms with van der Waals surface area (Å²) in [7, 11) is 0. The van der Waals surface area contributed by atoms with Crippen LogP contribution < -0.4 is 5.32 Å². The molecule has 12 heavy (non-hydrogen) atoms. The molecule has 0 aromatic rings. The number of unbranched alkanes of at least 4 members (excludes halogenated alkanes) is 2. The van der Waals surface area contributed by atoms with Gasteiger partial charge in [-0.2, -0.15) is 0 Å². The number of hydrogen-bond donors (Lipinski definition) is 2. The molecule has 70 valence electrons. The van der Waals surface area contributed by atoms with Gasteiger partial charge in [0.15, 0.2) is 0 Å². The summed E-state index contributed by atoms with van der Waals surface area (Å²) in [5.74, 6) is 2.67. The molecule has 0 fully saturated rings. The highest BCUT2D eigenvalue weighted by Crippen LogP contribution is 2.00. The van der Waals surface area contributed by atoms with Gasteiger partial charge in [-0.1, -0.05) is 5.92 Å². The first-order chi connectivity index (χ1) is 5.62. The van der Waals surface area contributed by atoms with Crippen molar-refractivity contribution in [3.05, 3.63) is 0 Å². The molecule has 0 atom stereocenters. The lowest BCUT2D eigenvalue weighted by Gasteiger charge is -2.19. The van der Waals surface area contributed by atoms with E-state index in [0.29, 0.717) is 6.61 Å². The Balaban J connectivity index is 3.27. The van der Waals surface area contributed by atoms with Crippen LogP contribution in [0.2, 0.25) is 0 Å². The van der Waals surface area contributed by atoms with Crippen molar-refractivity contribution in [3.63, 3.8) is 0 Å². The van der Waals surface area contributed by atoms with Crippen LogP contribution in [0.3, 0.4) is 0 Å². The van der Waals surface area contributed by atoms with Gasteiger partial charge in [0.1, 0.15) is 0 Å². The van der Waals surface area contributed by atoms with E-state index in [1.807, 2.05) is 13.8 Å². The van der Waals surface area contributed by atoms with Gasteiger partial charge in [-0.3, -0.25) is 0 Å². The maximum atomic E-state index is 8.52. The van der Waals surface area contributed by atoms with Crippen LogP contribution in [-0.2, 0) is 0 Å². The molecule has 0 aliphatic carbocycles. The lowest BCUT2D eigenvalue weighted by atomic mass is 10.1. The lowest BCUT2D eigenvalue weighted by molar-refractivity contribution is 0.282. The van der Waals surface area contributed by atoms with Gasteiger partial charge >= 0.3 is 0 Å². The summed E-state index contributed by atoms with van der Waals surface area (Å²) in [6.07, 6.45) is 8.32. The van der Waals surface area contributed by atoms with Crippen molar-refractivity contribution in [2.24, 2.45) is 0 Å². The van der Waals surface area contributed by atoms with Gasteiger partial charge < -0.3 is 10.4 Å². The van der Waals surface area contributed by atoms with E-state index in [1.165, 1.54) is 0 Å². The van der Waals surface area contributed by atoms with Crippen molar-refractivity contribution in [2.75, 3.05) is 13.2 Å². The van der Waals surface area contributed by atoms with Crippen molar-refractivity contribution >= 4 is 0 Å². The van der Waals surface area contributed by atoms with E-state index in [9.17, 15) is 0 Å². The fourth-order valence-corrected chi connectivity index (χ4v) is 0.865. The van der Waals surface area contributed by atoms with Crippen LogP contribution in [0.25, 0.3) is 0 Å². The SMILES string of the molecule is C#CC(C)(C)NCCCCCO. The van der Waals surface area contributed by atoms with E-state index in [4.69, 9.17) is 11.5 Å². The smallest absolute Gasteiger partial charge is 0.0741 e. The van der Waals surface area contributed by atoms with Crippen molar-refractivity contribution in [2.45, 2.75) is 38.6 Å². The molecule has 0 aliphatic rings. The largest absolute Gasteiger partial charge is 0.396 e. The van der Waals surface area contributed by atoms with Crippen LogP contribution in [0, 0.1) is 12.3 Å². The van der Waals surface area contributed by atoms with Crippen LogP contribution >= 0.6 is 0 Å². The molecular formula is C10H19NO. The van der Waals surface area contributed by atoms with Crippen molar-refractivity contribution in [3.8, 4) is 12.3 Å². The first kappa shape index (κ1) is 11.5. The Kier molecular flexibility index (Phi) is 5.79. The highest BCUT2D eigenvalue weighted by Gasteiger charge is 2.10. The van der Waals surface area contributed by atoms with Crippen molar-refractivity contribution in [1.82, 2.24) is 5.32 Å². The Morgan fingerprint density at radius 3 is 2.50 bits per heavy atom. The van der Waals surface area contributed by atoms with Gasteiger partial charge in [-0.15, -0.1) is 6.42 Å². The third kappa shape index (κ3) is 6.21. The molecule has 0 amide bonds. The molecule has 0 bridgehead atoms. The number of hydrogen-bond acceptors (Lipinski definition) is 2. The molecule has 0 radical (unpaired) electrons. The highest BCUT2D eigenvalue weighted by molar-refractivity contribution is 5.07. The quantitative estimate of drug-likeness (QED) is 0.462. The molecule has 0 aromatic heterocycles. The van der Waals surface area contributed by atoms with E-state index in [0.717, 1.165) is 25.8 Å². The minimum absolute atomic E-state index is 0.195. The summed E-state index contributed by atoms with van der Waals surface area (Å²) in [6, 6.07) is 0. The topological polar surface area (TPSA) is 32.3 Å². The molecule has 0 rings (SSSR count). The predicted octanol–water partition coefficient (Wildman–Crippen LogP) is 1.15. The average molecular weight is 169 g/mol. The van der Waals surface area contributed by atoms with Gasteiger partial charge in [0.2, 0.25) is 0 Å². The molecule has 0 saturated heterocycles. The summed E-state index contributed by atoms with van der Waals surface area (Å²) < 4.78 is 0. The number of aliphatic hydroxyl groups is 1. The van der Waals surface area contributed by atoms with Gasteiger partial charge in [0.25, 0.3) is 0 Å². The number of terminal acetylenes is 1. The molecule has 0 unspecified atom stereocenters. The number of aliphatic hydroxyl groups excluding tert-OH is 1. The van der Waals surface area contributed by atoms with Crippen LogP contribution in [-0.4, -0.2) is 23.8 Å². The molecule has 0 spiro atoms. The Bertz CT molecular complexity index is 146. The van der Waals surface area contributed by atoms with E-state index in [2.05, 4.69) is 11.2 Å². The molecule has 2 N–H and O–H groups in total. The second kappa shape index (κ2) is 6.05. The van der Waals surface area contributed by atoms with Gasteiger partial charge in [-0.25, -0.2) is 0 Å². The molecule has 0 aliphatic heterocycles. The summed E-state index contributed by atoms with van der Waals surface area (Å²) in [5, 5.41) is 11.8. The Morgan fingerprint density at radius 2 is 2.00 bits per heavy atom. The summed E-state index contributed by atoms with van der Waals surface area (Å²) in [4.78, 5) is 0. The molecular weight excluding hydrogens is 150 g/mol. The maximum absolute atomic E-state index is 8.52. The third-order valence-corrected chi connectivity index (χ3v) is 1.76. The van der Waals surface area contributed by atoms with Gasteiger partial charge in [0, 0.05) is 6.61 Å². The second-order valence-corrected chi connectivity index (χ2v) is 3.48. The normalized spacial score (nSPS) is 11.2. The van der Waals surface area contributed by atoms with E-state index in [1.54, 1.807) is 0 Å². The first-order valence-corrected chi connectivity index (χ1v) is 4.46. The van der Waals surface area contributed by atoms with Gasteiger partial charge in [-0.05, 0) is 39.7 Å². The Labute approximate surface area is 75.4 Å². The minimum Gasteiger partial charge on any atom is -0.396 e. The van der Waals surface area contributed by atoms with Crippen molar-refractivity contribution in [1.29, 1.82) is 0 Å². The molecule has 2 nitrogen and oxygen atoms in total. The summed E-state index contributed by atoms with van der Waals surface area (Å²) in [5.41, 5.74) is -0.195. The predicted molar refractivity (Wildman–Crippen MR) is 51.9 cm³/mol. The standard InChI is InChI=1S/C10H19NO/c1-4-10(2,3)11-8-6-5-7-9-12/h1,11-12H,5-9H2,2-3H3. The number of rotatable bonds is 6. The average Bonchev–Trinajstić information content (AvgIpc) is 2.04. The molecule has 2 heteroatoms. The van der Waals surface area contributed by atoms with Gasteiger partial charge in [0.05, 0.1) is 5.54 Å². The first-order valence-electron chi connectivity index (χ1n) is 4.46. The van der Waals surface area contributed by atoms with Crippen LogP contribution in [0.4, 0.5) is 0 Å². The van der Waals surface area contributed by atoms with E-state index in [-0.39, 0.29) is 5.54 Å². The highest BCUT2D eigenvalue weighted by atomic mass is 16.2. The summed E-state index contributed by atoms with van der Waals surface area (Å²) in [6.45, 7) is 5.19. The fraction of sp³-hybridized carbons (Fsp3) is 0.800. The molecule has 0 aromatic carbocycles. The minimum atomic E-state index is -0.195. The number of nitrogens with one attached hydrogen (secondary N) is 1. The maximum Gasteiger partial charge on any atom is 0.0741 e. The zero-order valence-corrected chi connectivity index (χ0v) is 8.06. The lowest BCUT2D eigenvalue weighted by Crippen LogP contribution is -2.38. The fourth-order valence-electron chi connectivity index (χ4n) is 0.865. The van der Waals surface area contributed by atoms with Crippen LogP contribution in [0.15, 0.2) is 0 Å². The third-order valence-electron chi connectivity index (χ3n) is 1.76. The zero-order valence-electron chi connectivity index (χ0n) is 8.06. The Morgan fingerprint density at radius 1 is 1.33 bits per heavy atom. The zero-order chi connectivity index (χ0) is 9.45. The van der Waals surface area contributed by atoms with E-state index >= 15 is 0 Å². The summed E-state index contributed by atoms with van der Waals surface area (Å²) >= 11 is 0. The molecule has 0 saturated carbocycles. The monoisotopic (exact) mass is 169 g/mol. The van der Waals surface area contributed by atoms with Crippen molar-refractivity contribution < 1.29 is 5.11 Å². The van der Waals surface area contributed by atoms with Crippen LogP contribution in [0.1, 0.15) is 33.1 Å². The second-order valence-electron chi connectivity index (χ2n) is 3.48.